The molecule has 3 aliphatic rings. The number of benzene rings is 1. The number of esters is 9. The molecule has 0 radical (unpaired) electrons. The van der Waals surface area contributed by atoms with Gasteiger partial charge in [-0.1, -0.05) is 0 Å². The molecule has 0 unspecified atom stereocenters. The molecule has 1 aromatic rings. The van der Waals surface area contributed by atoms with Crippen molar-refractivity contribution in [3.63, 3.8) is 0 Å². The first-order valence-corrected chi connectivity index (χ1v) is 20.6. The number of aliphatic hydroxyl groups is 1. The van der Waals surface area contributed by atoms with Crippen LogP contribution < -0.4 is 4.74 Å². The molecule has 25 nitrogen and oxygen atoms in total. The molecule has 3 fully saturated rings. The number of rotatable bonds is 18. The Kier molecular flexibility index (Phi) is 19.8. The van der Waals surface area contributed by atoms with Crippen molar-refractivity contribution in [2.24, 2.45) is 0 Å². The van der Waals surface area contributed by atoms with Gasteiger partial charge in [-0.25, -0.2) is 4.79 Å². The third kappa shape index (κ3) is 15.8. The zero-order valence-corrected chi connectivity index (χ0v) is 38.0. The van der Waals surface area contributed by atoms with Gasteiger partial charge in [0.25, 0.3) is 0 Å². The van der Waals surface area contributed by atoms with Crippen LogP contribution in [0.5, 0.6) is 5.75 Å². The number of ether oxygens (including phenoxy) is 15. The summed E-state index contributed by atoms with van der Waals surface area (Å²) in [6, 6.07) is 5.81. The maximum Gasteiger partial charge on any atom is 0.338 e. The number of aliphatic hydroxyl groups excluding tert-OH is 1. The monoisotopic (exact) mass is 958 g/mol. The van der Waals surface area contributed by atoms with Gasteiger partial charge in [-0.15, -0.1) is 0 Å². The van der Waals surface area contributed by atoms with Gasteiger partial charge in [0, 0.05) is 61.8 Å². The van der Waals surface area contributed by atoms with E-state index < -0.39 is 166 Å². The van der Waals surface area contributed by atoms with Crippen molar-refractivity contribution in [2.75, 3.05) is 26.9 Å². The Morgan fingerprint density at radius 1 is 0.478 bits per heavy atom. The molecule has 4 rings (SSSR count). The minimum absolute atomic E-state index is 0.0613. The third-order valence-corrected chi connectivity index (χ3v) is 9.73. The fourth-order valence-electron chi connectivity index (χ4n) is 7.20. The van der Waals surface area contributed by atoms with Crippen LogP contribution in [0.15, 0.2) is 24.3 Å². The maximum atomic E-state index is 13.4. The highest BCUT2D eigenvalue weighted by molar-refractivity contribution is 5.89. The molecule has 3 saturated heterocycles. The fraction of sp³-hybridized carbons (Fsp3) is 0.643. The molecule has 0 aliphatic carbocycles. The molecule has 25 heteroatoms. The molecule has 0 bridgehead atoms. The molecule has 1 N–H and O–H groups in total. The molecule has 372 valence electrons. The van der Waals surface area contributed by atoms with Crippen LogP contribution in [0, 0.1) is 0 Å². The Morgan fingerprint density at radius 2 is 0.925 bits per heavy atom. The molecule has 0 saturated carbocycles. The van der Waals surface area contributed by atoms with Crippen molar-refractivity contribution in [3.8, 4) is 5.75 Å². The highest BCUT2D eigenvalue weighted by Gasteiger charge is 2.57. The van der Waals surface area contributed by atoms with E-state index in [-0.39, 0.29) is 5.56 Å². The lowest BCUT2D eigenvalue weighted by Gasteiger charge is -2.48. The molecule has 0 amide bonds. The number of hydrogen-bond acceptors (Lipinski definition) is 25. The molecule has 0 spiro atoms. The zero-order chi connectivity index (χ0) is 49.7. The van der Waals surface area contributed by atoms with Gasteiger partial charge in [0.2, 0.25) is 0 Å². The van der Waals surface area contributed by atoms with E-state index in [0.29, 0.717) is 5.75 Å². The zero-order valence-electron chi connectivity index (χ0n) is 38.0. The first kappa shape index (κ1) is 53.6. The van der Waals surface area contributed by atoms with E-state index in [2.05, 4.69) is 0 Å². The average molecular weight is 959 g/mol. The fourth-order valence-corrected chi connectivity index (χ4v) is 7.20. The van der Waals surface area contributed by atoms with E-state index in [0.717, 1.165) is 55.4 Å². The summed E-state index contributed by atoms with van der Waals surface area (Å²) in [6.45, 7) is 6.33. The topological polar surface area (TPSA) is 312 Å². The van der Waals surface area contributed by atoms with Crippen LogP contribution in [0.1, 0.15) is 72.2 Å². The summed E-state index contributed by atoms with van der Waals surface area (Å²) in [7, 11) is 1.42. The first-order chi connectivity index (χ1) is 31.6. The van der Waals surface area contributed by atoms with E-state index in [4.69, 9.17) is 71.1 Å². The molecular weight excluding hydrogens is 904 g/mol. The summed E-state index contributed by atoms with van der Waals surface area (Å²) in [5, 5.41) is 10.9. The van der Waals surface area contributed by atoms with Crippen LogP contribution in [0.2, 0.25) is 0 Å². The molecule has 1 aromatic carbocycles. The highest BCUT2D eigenvalue weighted by Crippen LogP contribution is 2.37. The predicted octanol–water partition coefficient (Wildman–Crippen LogP) is -0.104. The van der Waals surface area contributed by atoms with Crippen LogP contribution in [0.25, 0.3) is 0 Å². The van der Waals surface area contributed by atoms with E-state index in [1.165, 1.54) is 31.4 Å². The summed E-state index contributed by atoms with van der Waals surface area (Å²) >= 11 is 0. The lowest BCUT2D eigenvalue weighted by Crippen LogP contribution is -2.65. The highest BCUT2D eigenvalue weighted by atomic mass is 16.8. The van der Waals surface area contributed by atoms with E-state index in [1.807, 2.05) is 0 Å². The molecular formula is C42H54O25. The van der Waals surface area contributed by atoms with Gasteiger partial charge in [0.1, 0.15) is 50.0 Å². The van der Waals surface area contributed by atoms with Crippen LogP contribution in [-0.2, 0) is 105 Å². The summed E-state index contributed by atoms with van der Waals surface area (Å²) in [5.74, 6) is -7.59. The summed E-state index contributed by atoms with van der Waals surface area (Å²) in [6.07, 6.45) is -23.5. The van der Waals surface area contributed by atoms with Crippen LogP contribution in [0.4, 0.5) is 0 Å². The summed E-state index contributed by atoms with van der Waals surface area (Å²) < 4.78 is 84.9. The Balaban J connectivity index is 1.82. The number of hydrogen-bond donors (Lipinski definition) is 1. The van der Waals surface area contributed by atoms with Gasteiger partial charge in [-0.05, 0) is 24.3 Å². The minimum Gasteiger partial charge on any atom is -0.497 e. The molecule has 67 heavy (non-hydrogen) atoms. The molecule has 3 heterocycles. The number of carbonyl (C=O) groups is 9. The quantitative estimate of drug-likeness (QED) is 0.148. The van der Waals surface area contributed by atoms with Crippen LogP contribution >= 0.6 is 0 Å². The second kappa shape index (κ2) is 24.7. The van der Waals surface area contributed by atoms with Crippen molar-refractivity contribution >= 4 is 53.7 Å². The SMILES string of the molecule is COc1ccc(C(=O)OC[C@H]2O[C@@H](O[C@H]3[C@H](OC(C)=O)[C@@H](OC(C)=O)[C@@H](O)O[C@@H]3COC(C)=O)[C@H](OC(C)=O)C[C@H]2O[C@H]2O[C@H](COC(C)=O)[C@H](OC(C)=O)[C@H](OC(C)=O)[C@H]2OC(C)=O)cc1. The standard InChI is InChI=1S/C42H54O25/c1-18(43)54-16-31-34(35(59-22(5)47)37(40(52)63-31)61-24(7)49)67-41-29(57-20(3)45)14-28(30(65-41)15-56-39(51)26-10-12-27(53-9)13-11-26)64-42-38(62-25(8)50)36(60-23(6)48)33(58-21(4)46)32(66-42)17-55-19(2)44/h10-13,28-38,40-42,52H,14-17H2,1-9H3/t28-,29-,30-,31-,32-,33+,34-,35+,36+,37-,38-,40+,41+,42+/m1/s1. The van der Waals surface area contributed by atoms with Crippen molar-refractivity contribution in [1.29, 1.82) is 0 Å². The van der Waals surface area contributed by atoms with Crippen LogP contribution in [0.3, 0.4) is 0 Å². The second-order valence-corrected chi connectivity index (χ2v) is 15.1. The summed E-state index contributed by atoms with van der Waals surface area (Å²) in [5.41, 5.74) is 0.0613. The molecule has 0 aromatic heterocycles. The van der Waals surface area contributed by atoms with E-state index in [1.54, 1.807) is 0 Å². The number of methoxy groups -OCH3 is 1. The van der Waals surface area contributed by atoms with Gasteiger partial charge >= 0.3 is 53.7 Å². The maximum absolute atomic E-state index is 13.4. The Labute approximate surface area is 383 Å². The van der Waals surface area contributed by atoms with Crippen LogP contribution in [-0.4, -0.2) is 172 Å². The molecule has 14 atom stereocenters. The van der Waals surface area contributed by atoms with Crippen molar-refractivity contribution in [1.82, 2.24) is 0 Å². The lowest BCUT2D eigenvalue weighted by molar-refractivity contribution is -0.363. The Morgan fingerprint density at radius 3 is 1.43 bits per heavy atom. The average Bonchev–Trinajstić information content (AvgIpc) is 3.22. The van der Waals surface area contributed by atoms with Crippen molar-refractivity contribution in [2.45, 2.75) is 148 Å². The predicted molar refractivity (Wildman–Crippen MR) is 212 cm³/mol. The Bertz CT molecular complexity index is 1940. The third-order valence-electron chi connectivity index (χ3n) is 9.73. The molecule has 3 aliphatic heterocycles. The largest absolute Gasteiger partial charge is 0.497 e. The summed E-state index contributed by atoms with van der Waals surface area (Å²) in [4.78, 5) is 112. The minimum atomic E-state index is -1.96. The Hall–Kier alpha value is -5.99. The normalized spacial score (nSPS) is 30.2. The lowest BCUT2D eigenvalue weighted by atomic mass is 9.96. The number of carbonyl (C=O) groups excluding carboxylic acids is 9. The second-order valence-electron chi connectivity index (χ2n) is 15.1. The van der Waals surface area contributed by atoms with E-state index in [9.17, 15) is 48.3 Å². The van der Waals surface area contributed by atoms with Crippen molar-refractivity contribution in [3.05, 3.63) is 29.8 Å². The van der Waals surface area contributed by atoms with Gasteiger partial charge in [0.05, 0.1) is 18.8 Å². The van der Waals surface area contributed by atoms with Crippen molar-refractivity contribution < 1.29 is 119 Å². The van der Waals surface area contributed by atoms with Gasteiger partial charge in [0.15, 0.2) is 55.5 Å². The van der Waals surface area contributed by atoms with Gasteiger partial charge in [-0.3, -0.25) is 38.4 Å². The van der Waals surface area contributed by atoms with E-state index >= 15 is 0 Å². The van der Waals surface area contributed by atoms with Gasteiger partial charge < -0.3 is 76.2 Å². The van der Waals surface area contributed by atoms with Gasteiger partial charge in [-0.2, -0.15) is 0 Å². The first-order valence-electron chi connectivity index (χ1n) is 20.6. The smallest absolute Gasteiger partial charge is 0.338 e.